The molecule has 0 radical (unpaired) electrons. The minimum Gasteiger partial charge on any atom is -0.358 e. The van der Waals surface area contributed by atoms with Gasteiger partial charge in [-0.2, -0.15) is 14.9 Å². The summed E-state index contributed by atoms with van der Waals surface area (Å²) in [7, 11) is 0. The Morgan fingerprint density at radius 1 is 1.14 bits per heavy atom. The number of thioether (sulfide) groups is 1. The van der Waals surface area contributed by atoms with Gasteiger partial charge in [-0.15, -0.1) is 0 Å². The van der Waals surface area contributed by atoms with Crippen LogP contribution in [0.3, 0.4) is 0 Å². The molecule has 28 heavy (non-hydrogen) atoms. The summed E-state index contributed by atoms with van der Waals surface area (Å²) in [6.45, 7) is 0.826. The molecule has 2 aromatic heterocycles. The first-order valence-electron chi connectivity index (χ1n) is 8.23. The highest BCUT2D eigenvalue weighted by Crippen LogP contribution is 2.28. The SMILES string of the molecule is NC1SC(Cn2ccc([N+](=O)[O-])n2)=NN1c1ccn(Cc2ccccc2Cl)n1. The molecule has 0 spiro atoms. The molecule has 2 N–H and O–H groups in total. The second kappa shape index (κ2) is 7.62. The Bertz CT molecular complexity index is 1050. The van der Waals surface area contributed by atoms with Crippen LogP contribution in [0.1, 0.15) is 5.56 Å². The monoisotopic (exact) mass is 418 g/mol. The van der Waals surface area contributed by atoms with Gasteiger partial charge in [0.1, 0.15) is 11.6 Å². The van der Waals surface area contributed by atoms with Gasteiger partial charge < -0.3 is 15.8 Å². The molecule has 0 fully saturated rings. The third kappa shape index (κ3) is 3.86. The van der Waals surface area contributed by atoms with Gasteiger partial charge in [-0.25, -0.2) is 5.01 Å². The quantitative estimate of drug-likeness (QED) is 0.482. The summed E-state index contributed by atoms with van der Waals surface area (Å²) in [6, 6.07) is 10.8. The number of nitrogens with zero attached hydrogens (tertiary/aromatic N) is 7. The van der Waals surface area contributed by atoms with E-state index in [9.17, 15) is 10.1 Å². The molecule has 1 atom stereocenters. The number of hydrogen-bond acceptors (Lipinski definition) is 8. The number of nitro groups is 1. The highest BCUT2D eigenvalue weighted by atomic mass is 35.5. The molecule has 0 amide bonds. The fraction of sp³-hybridized carbons (Fsp3) is 0.188. The van der Waals surface area contributed by atoms with E-state index in [4.69, 9.17) is 17.3 Å². The van der Waals surface area contributed by atoms with E-state index in [-0.39, 0.29) is 5.82 Å². The maximum Gasteiger partial charge on any atom is 0.389 e. The molecule has 1 aliphatic rings. The third-order valence-corrected chi connectivity index (χ3v) is 5.27. The van der Waals surface area contributed by atoms with Gasteiger partial charge in [0.05, 0.1) is 23.9 Å². The molecule has 10 nitrogen and oxygen atoms in total. The minimum atomic E-state index is -0.538. The zero-order valence-corrected chi connectivity index (χ0v) is 16.0. The fourth-order valence-corrected chi connectivity index (χ4v) is 3.75. The van der Waals surface area contributed by atoms with Crippen LogP contribution < -0.4 is 10.7 Å². The number of halogens is 1. The van der Waals surface area contributed by atoms with Crippen LogP contribution in [0.25, 0.3) is 0 Å². The molecule has 144 valence electrons. The Balaban J connectivity index is 1.47. The summed E-state index contributed by atoms with van der Waals surface area (Å²) in [5.74, 6) is 0.400. The van der Waals surface area contributed by atoms with Crippen molar-refractivity contribution in [1.29, 1.82) is 0 Å². The first kappa shape index (κ1) is 18.5. The molecule has 3 heterocycles. The molecule has 1 unspecified atom stereocenters. The highest BCUT2D eigenvalue weighted by Gasteiger charge is 2.28. The summed E-state index contributed by atoms with van der Waals surface area (Å²) >= 11 is 7.55. The normalized spacial score (nSPS) is 16.4. The van der Waals surface area contributed by atoms with Crippen molar-refractivity contribution in [1.82, 2.24) is 19.6 Å². The predicted octanol–water partition coefficient (Wildman–Crippen LogP) is 2.50. The Hall–Kier alpha value is -2.89. The molecule has 0 saturated carbocycles. The number of anilines is 1. The molecule has 12 heteroatoms. The van der Waals surface area contributed by atoms with Crippen molar-refractivity contribution in [2.24, 2.45) is 10.8 Å². The zero-order valence-electron chi connectivity index (χ0n) is 14.4. The van der Waals surface area contributed by atoms with Crippen LogP contribution in [0.2, 0.25) is 5.02 Å². The molecule has 3 aromatic rings. The van der Waals surface area contributed by atoms with Gasteiger partial charge in [-0.05, 0) is 16.6 Å². The maximum atomic E-state index is 10.7. The van der Waals surface area contributed by atoms with E-state index in [1.165, 1.54) is 28.7 Å². The second-order valence-electron chi connectivity index (χ2n) is 5.94. The Morgan fingerprint density at radius 3 is 2.64 bits per heavy atom. The van der Waals surface area contributed by atoms with Crippen LogP contribution in [-0.4, -0.2) is 35.0 Å². The van der Waals surface area contributed by atoms with Crippen molar-refractivity contribution in [3.8, 4) is 0 Å². The summed E-state index contributed by atoms with van der Waals surface area (Å²) in [5.41, 5.74) is 6.68. The topological polar surface area (TPSA) is 120 Å². The lowest BCUT2D eigenvalue weighted by molar-refractivity contribution is -0.389. The maximum absolute atomic E-state index is 10.7. The molecule has 4 rings (SSSR count). The molecule has 1 aromatic carbocycles. The van der Waals surface area contributed by atoms with E-state index in [0.717, 1.165) is 5.56 Å². The van der Waals surface area contributed by atoms with E-state index < -0.39 is 10.4 Å². The van der Waals surface area contributed by atoms with Crippen molar-refractivity contribution in [3.63, 3.8) is 0 Å². The van der Waals surface area contributed by atoms with Gasteiger partial charge in [0.25, 0.3) is 0 Å². The van der Waals surface area contributed by atoms with Crippen molar-refractivity contribution in [3.05, 3.63) is 69.5 Å². The average molecular weight is 419 g/mol. The number of aromatic nitrogens is 4. The Kier molecular flexibility index (Phi) is 5.03. The molecule has 0 bridgehead atoms. The molecule has 1 aliphatic heterocycles. The van der Waals surface area contributed by atoms with Gasteiger partial charge in [-0.1, -0.05) is 41.6 Å². The van der Waals surface area contributed by atoms with Crippen LogP contribution in [0.4, 0.5) is 11.6 Å². The molecular weight excluding hydrogens is 404 g/mol. The number of hydrogen-bond donors (Lipinski definition) is 1. The standard InChI is InChI=1S/C16H15ClN8O2S/c17-12-4-2-1-3-11(12)9-22-7-5-13(19-22)24-16(18)28-15(21-24)10-23-8-6-14(20-23)25(26)27/h1-8,16H,9-10,18H2. The largest absolute Gasteiger partial charge is 0.389 e. The molecule has 0 aliphatic carbocycles. The smallest absolute Gasteiger partial charge is 0.358 e. The van der Waals surface area contributed by atoms with Crippen molar-refractivity contribution in [2.45, 2.75) is 18.6 Å². The highest BCUT2D eigenvalue weighted by molar-refractivity contribution is 8.14. The third-order valence-electron chi connectivity index (χ3n) is 3.98. The van der Waals surface area contributed by atoms with Gasteiger partial charge in [-0.3, -0.25) is 4.68 Å². The van der Waals surface area contributed by atoms with E-state index in [2.05, 4.69) is 15.3 Å². The summed E-state index contributed by atoms with van der Waals surface area (Å²) < 4.78 is 3.22. The summed E-state index contributed by atoms with van der Waals surface area (Å²) in [5, 5.41) is 26.6. The zero-order chi connectivity index (χ0) is 19.7. The van der Waals surface area contributed by atoms with Crippen molar-refractivity contribution >= 4 is 40.0 Å². The average Bonchev–Trinajstić information content (AvgIpc) is 3.38. The van der Waals surface area contributed by atoms with Gasteiger partial charge in [0.2, 0.25) is 0 Å². The van der Waals surface area contributed by atoms with Crippen molar-refractivity contribution < 1.29 is 4.92 Å². The van der Waals surface area contributed by atoms with E-state index in [1.807, 2.05) is 36.5 Å². The molecular formula is C16H15ClN8O2S. The van der Waals surface area contributed by atoms with E-state index >= 15 is 0 Å². The summed E-state index contributed by atoms with van der Waals surface area (Å²) in [4.78, 5) is 10.2. The van der Waals surface area contributed by atoms with E-state index in [1.54, 1.807) is 9.69 Å². The lowest BCUT2D eigenvalue weighted by Crippen LogP contribution is -2.32. The van der Waals surface area contributed by atoms with Crippen LogP contribution in [0.5, 0.6) is 0 Å². The predicted molar refractivity (Wildman–Crippen MR) is 107 cm³/mol. The Labute approximate surface area is 168 Å². The first-order chi connectivity index (χ1) is 13.5. The van der Waals surface area contributed by atoms with E-state index in [0.29, 0.717) is 29.0 Å². The number of rotatable bonds is 6. The first-order valence-corrected chi connectivity index (χ1v) is 9.49. The number of hydrazone groups is 1. The van der Waals surface area contributed by atoms with Crippen LogP contribution in [-0.2, 0) is 13.1 Å². The molecule has 0 saturated heterocycles. The summed E-state index contributed by atoms with van der Waals surface area (Å²) in [6.07, 6.45) is 3.37. The fourth-order valence-electron chi connectivity index (χ4n) is 2.68. The Morgan fingerprint density at radius 2 is 1.89 bits per heavy atom. The minimum absolute atomic E-state index is 0.205. The lowest BCUT2D eigenvalue weighted by atomic mass is 10.2. The lowest BCUT2D eigenvalue weighted by Gasteiger charge is -2.15. The van der Waals surface area contributed by atoms with Crippen molar-refractivity contribution in [2.75, 3.05) is 5.01 Å². The van der Waals surface area contributed by atoms with Crippen LogP contribution in [0.15, 0.2) is 53.9 Å². The number of benzene rings is 1. The van der Waals surface area contributed by atoms with Crippen LogP contribution >= 0.6 is 23.4 Å². The number of nitrogens with two attached hydrogens (primary N) is 1. The van der Waals surface area contributed by atoms with Gasteiger partial charge >= 0.3 is 5.82 Å². The second-order valence-corrected chi connectivity index (χ2v) is 7.54. The van der Waals surface area contributed by atoms with Gasteiger partial charge in [0, 0.05) is 17.3 Å². The van der Waals surface area contributed by atoms with Crippen LogP contribution in [0, 0.1) is 10.1 Å². The van der Waals surface area contributed by atoms with Gasteiger partial charge in [0.15, 0.2) is 11.3 Å².